The topological polar surface area (TPSA) is 35.5 Å². The molecule has 0 saturated heterocycles. The van der Waals surface area contributed by atoms with Gasteiger partial charge in [0, 0.05) is 7.11 Å². The maximum absolute atomic E-state index is 11.4. The molecule has 0 aliphatic heterocycles. The molecule has 15 heavy (non-hydrogen) atoms. The molecule has 1 aromatic carbocycles. The van der Waals surface area contributed by atoms with Gasteiger partial charge in [0.1, 0.15) is 5.75 Å². The van der Waals surface area contributed by atoms with E-state index in [2.05, 4.69) is 22.5 Å². The first-order chi connectivity index (χ1) is 7.15. The Morgan fingerprint density at radius 3 is 2.73 bits per heavy atom. The van der Waals surface area contributed by atoms with Crippen molar-refractivity contribution in [2.75, 3.05) is 13.7 Å². The van der Waals surface area contributed by atoms with E-state index in [0.29, 0.717) is 5.75 Å². The number of halogens is 1. The molecule has 4 heteroatoms. The predicted molar refractivity (Wildman–Crippen MR) is 60.8 cm³/mol. The van der Waals surface area contributed by atoms with E-state index in [4.69, 9.17) is 9.47 Å². The van der Waals surface area contributed by atoms with Gasteiger partial charge in [0.2, 0.25) is 0 Å². The van der Waals surface area contributed by atoms with Gasteiger partial charge in [0.15, 0.2) is 0 Å². The van der Waals surface area contributed by atoms with Crippen LogP contribution in [0.1, 0.15) is 0 Å². The maximum atomic E-state index is 11.4. The van der Waals surface area contributed by atoms with E-state index in [1.165, 1.54) is 7.11 Å². The van der Waals surface area contributed by atoms with Crippen LogP contribution >= 0.6 is 15.9 Å². The zero-order chi connectivity index (χ0) is 11.3. The van der Waals surface area contributed by atoms with Gasteiger partial charge in [-0.15, -0.1) is 0 Å². The van der Waals surface area contributed by atoms with Crippen molar-refractivity contribution in [1.29, 1.82) is 0 Å². The molecule has 0 spiro atoms. The molecule has 3 nitrogen and oxygen atoms in total. The molecule has 0 aliphatic rings. The van der Waals surface area contributed by atoms with Crippen LogP contribution < -0.4 is 4.74 Å². The van der Waals surface area contributed by atoms with E-state index in [1.54, 1.807) is 18.2 Å². The van der Waals surface area contributed by atoms with Crippen molar-refractivity contribution in [3.8, 4) is 5.75 Å². The van der Waals surface area contributed by atoms with E-state index in [9.17, 15) is 4.79 Å². The monoisotopic (exact) mass is 270 g/mol. The summed E-state index contributed by atoms with van der Waals surface area (Å²) in [6.07, 6.45) is 0. The van der Waals surface area contributed by atoms with Gasteiger partial charge in [-0.25, -0.2) is 4.79 Å². The molecule has 0 unspecified atom stereocenters. The van der Waals surface area contributed by atoms with Gasteiger partial charge in [-0.2, -0.15) is 0 Å². The van der Waals surface area contributed by atoms with Gasteiger partial charge in [0.25, 0.3) is 0 Å². The Kier molecular flexibility index (Phi) is 4.52. The van der Waals surface area contributed by atoms with Crippen LogP contribution in [0, 0.1) is 0 Å². The van der Waals surface area contributed by atoms with Crippen molar-refractivity contribution in [3.63, 3.8) is 0 Å². The lowest BCUT2D eigenvalue weighted by atomic mass is 10.3. The summed E-state index contributed by atoms with van der Waals surface area (Å²) < 4.78 is 10.6. The van der Waals surface area contributed by atoms with Crippen LogP contribution in [0.3, 0.4) is 0 Å². The second kappa shape index (κ2) is 5.68. The first-order valence-corrected chi connectivity index (χ1v) is 5.08. The summed E-state index contributed by atoms with van der Waals surface area (Å²) in [5, 5.41) is 0. The number of ether oxygens (including phenoxy) is 2. The summed E-state index contributed by atoms with van der Waals surface area (Å²) in [7, 11) is 1.50. The number of carbonyl (C=O) groups excluding carboxylic acids is 1. The molecule has 0 fully saturated rings. The Labute approximate surface area is 96.8 Å². The largest absolute Gasteiger partial charge is 0.422 e. The Morgan fingerprint density at radius 1 is 1.47 bits per heavy atom. The summed E-state index contributed by atoms with van der Waals surface area (Å²) in [4.78, 5) is 11.4. The Morgan fingerprint density at radius 2 is 2.13 bits per heavy atom. The van der Waals surface area contributed by atoms with Crippen molar-refractivity contribution >= 4 is 21.9 Å². The number of esters is 1. The molecule has 0 N–H and O–H groups in total. The number of methoxy groups -OCH3 is 1. The Balaban J connectivity index is 2.67. The molecular formula is C11H11BrO3. The fourth-order valence-electron chi connectivity index (χ4n) is 0.933. The lowest BCUT2D eigenvalue weighted by Gasteiger charge is -2.07. The fraction of sp³-hybridized carbons (Fsp3) is 0.182. The molecule has 0 bridgehead atoms. The average Bonchev–Trinajstić information content (AvgIpc) is 2.21. The van der Waals surface area contributed by atoms with E-state index < -0.39 is 5.97 Å². The maximum Gasteiger partial charge on any atom is 0.341 e. The highest BCUT2D eigenvalue weighted by Crippen LogP contribution is 2.24. The highest BCUT2D eigenvalue weighted by molar-refractivity contribution is 9.10. The Bertz CT molecular complexity index is 374. The first-order valence-electron chi connectivity index (χ1n) is 4.28. The summed E-state index contributed by atoms with van der Waals surface area (Å²) >= 11 is 3.27. The lowest BCUT2D eigenvalue weighted by Crippen LogP contribution is -2.14. The van der Waals surface area contributed by atoms with Crippen molar-refractivity contribution < 1.29 is 14.3 Å². The van der Waals surface area contributed by atoms with Gasteiger partial charge in [-0.1, -0.05) is 18.7 Å². The summed E-state index contributed by atoms with van der Waals surface area (Å²) in [5.74, 6) is -0.0106. The minimum Gasteiger partial charge on any atom is -0.422 e. The van der Waals surface area contributed by atoms with Crippen molar-refractivity contribution in [3.05, 3.63) is 40.9 Å². The zero-order valence-electron chi connectivity index (χ0n) is 8.33. The van der Waals surface area contributed by atoms with E-state index in [-0.39, 0.29) is 12.2 Å². The minimum atomic E-state index is -0.483. The number of rotatable bonds is 4. The summed E-state index contributed by atoms with van der Waals surface area (Å²) in [5.41, 5.74) is 0.285. The van der Waals surface area contributed by atoms with Gasteiger partial charge in [-0.3, -0.25) is 0 Å². The lowest BCUT2D eigenvalue weighted by molar-refractivity contribution is -0.130. The van der Waals surface area contributed by atoms with Crippen molar-refractivity contribution in [2.24, 2.45) is 0 Å². The number of carbonyl (C=O) groups is 1. The second-order valence-corrected chi connectivity index (χ2v) is 3.71. The number of benzene rings is 1. The van der Waals surface area contributed by atoms with Crippen LogP contribution in [-0.2, 0) is 9.53 Å². The molecule has 1 aromatic rings. The normalized spacial score (nSPS) is 9.73. The van der Waals surface area contributed by atoms with Crippen LogP contribution in [0.2, 0.25) is 0 Å². The molecule has 1 rings (SSSR count). The molecule has 0 radical (unpaired) electrons. The van der Waals surface area contributed by atoms with Gasteiger partial charge in [0.05, 0.1) is 16.7 Å². The molecule has 0 heterocycles. The highest BCUT2D eigenvalue weighted by atomic mass is 79.9. The highest BCUT2D eigenvalue weighted by Gasteiger charge is 2.10. The van der Waals surface area contributed by atoms with E-state index >= 15 is 0 Å². The van der Waals surface area contributed by atoms with Crippen LogP contribution in [0.25, 0.3) is 0 Å². The van der Waals surface area contributed by atoms with Crippen LogP contribution in [0.15, 0.2) is 40.9 Å². The molecule has 0 aliphatic carbocycles. The van der Waals surface area contributed by atoms with Crippen LogP contribution in [-0.4, -0.2) is 19.7 Å². The SMILES string of the molecule is C=C(COC)C(=O)Oc1ccccc1Br. The predicted octanol–water partition coefficient (Wildman–Crippen LogP) is 2.56. The van der Waals surface area contributed by atoms with Crippen LogP contribution in [0.4, 0.5) is 0 Å². The third-order valence-electron chi connectivity index (χ3n) is 1.65. The van der Waals surface area contributed by atoms with E-state index in [0.717, 1.165) is 4.47 Å². The fourth-order valence-corrected chi connectivity index (χ4v) is 1.30. The molecule has 0 amide bonds. The molecule has 0 atom stereocenters. The van der Waals surface area contributed by atoms with Gasteiger partial charge < -0.3 is 9.47 Å². The standard InChI is InChI=1S/C11H11BrO3/c1-8(7-14-2)11(13)15-10-6-4-3-5-9(10)12/h3-6H,1,7H2,2H3. The molecule has 80 valence electrons. The molecule has 0 aromatic heterocycles. The van der Waals surface area contributed by atoms with Gasteiger partial charge >= 0.3 is 5.97 Å². The number of hydrogen-bond donors (Lipinski definition) is 0. The van der Waals surface area contributed by atoms with Crippen LogP contribution in [0.5, 0.6) is 5.75 Å². The third-order valence-corrected chi connectivity index (χ3v) is 2.30. The van der Waals surface area contributed by atoms with Gasteiger partial charge in [-0.05, 0) is 28.1 Å². The second-order valence-electron chi connectivity index (χ2n) is 2.86. The number of para-hydroxylation sites is 1. The quantitative estimate of drug-likeness (QED) is 0.479. The molecule has 0 saturated carbocycles. The number of hydrogen-bond acceptors (Lipinski definition) is 3. The van der Waals surface area contributed by atoms with Crippen molar-refractivity contribution in [2.45, 2.75) is 0 Å². The zero-order valence-corrected chi connectivity index (χ0v) is 9.91. The summed E-state index contributed by atoms with van der Waals surface area (Å²) in [6.45, 7) is 3.73. The van der Waals surface area contributed by atoms with Crippen molar-refractivity contribution in [1.82, 2.24) is 0 Å². The smallest absolute Gasteiger partial charge is 0.341 e. The third kappa shape index (κ3) is 3.49. The van der Waals surface area contributed by atoms with E-state index in [1.807, 2.05) is 6.07 Å². The molecular weight excluding hydrogens is 260 g/mol. The first kappa shape index (κ1) is 11.9. The minimum absolute atomic E-state index is 0.170. The Hall–Kier alpha value is -1.13. The average molecular weight is 271 g/mol. The summed E-state index contributed by atoms with van der Waals surface area (Å²) in [6, 6.07) is 7.11.